The van der Waals surface area contributed by atoms with Gasteiger partial charge in [0.1, 0.15) is 27.1 Å². The standard InChI is InChI=1S/C39H43Cl2N3O6S.H2O/c1-44-16-14-26(15-17-44)24-49-39(46)37(27-6-4-3-5-7-27)43-20-29-11-13-36(51-29)38(45)50-34(19-30-31(40)21-42-22-32(30)41)28-10-12-33(47-2)35(18-28)48-23-25-8-9-25;/h3-7,10-13,18,21-22,25-26,34,37,43H,8-9,14-17,19-20,23-24H2,1-2H3;1H2. The summed E-state index contributed by atoms with van der Waals surface area (Å²) in [6.45, 7) is 3.39. The number of H-pyrrole nitrogens is 1. The van der Waals surface area contributed by atoms with Crippen LogP contribution >= 0.6 is 34.5 Å². The molecule has 2 aliphatic rings. The zero-order valence-electron chi connectivity index (χ0n) is 29.3. The van der Waals surface area contributed by atoms with Crippen LogP contribution in [-0.4, -0.2) is 62.8 Å². The van der Waals surface area contributed by atoms with Crippen LogP contribution in [0.25, 0.3) is 0 Å². The second-order valence-electron chi connectivity index (χ2n) is 13.3. The highest BCUT2D eigenvalue weighted by Crippen LogP contribution is 2.37. The first-order valence-corrected chi connectivity index (χ1v) is 18.9. The van der Waals surface area contributed by atoms with E-state index in [1.54, 1.807) is 25.6 Å². The van der Waals surface area contributed by atoms with E-state index < -0.39 is 18.1 Å². The van der Waals surface area contributed by atoms with Crippen LogP contribution in [-0.2, 0) is 27.2 Å². The molecule has 278 valence electrons. The fraction of sp³-hybridized carbons (Fsp3) is 0.410. The molecule has 1 aliphatic heterocycles. The SMILES string of the molecule is COc1ccc(C(Cc2c(Cl)c[nH+]cc2Cl)OC(=O)c2ccc(CNC(C(=O)OCC3CCN(C)CC3)c3ccccc3)s2)cc1OCC1CC1.[OH-]. The lowest BCUT2D eigenvalue weighted by molar-refractivity contribution is -0.377. The number of likely N-dealkylation sites (tertiary alicyclic amines) is 1. The first-order valence-electron chi connectivity index (χ1n) is 17.3. The van der Waals surface area contributed by atoms with Gasteiger partial charge in [-0.05, 0) is 93.0 Å². The molecule has 0 spiro atoms. The van der Waals surface area contributed by atoms with E-state index in [0.717, 1.165) is 54.8 Å². The van der Waals surface area contributed by atoms with Crippen molar-refractivity contribution in [3.63, 3.8) is 0 Å². The smallest absolute Gasteiger partial charge is 0.348 e. The molecule has 2 fully saturated rings. The van der Waals surface area contributed by atoms with Gasteiger partial charge in [-0.3, -0.25) is 5.32 Å². The van der Waals surface area contributed by atoms with Gasteiger partial charge >= 0.3 is 11.9 Å². The van der Waals surface area contributed by atoms with Crippen molar-refractivity contribution < 1.29 is 39.0 Å². The fourth-order valence-electron chi connectivity index (χ4n) is 6.05. The van der Waals surface area contributed by atoms with Crippen LogP contribution in [0.5, 0.6) is 11.5 Å². The molecule has 4 aromatic rings. The number of pyridine rings is 1. The Labute approximate surface area is 318 Å². The van der Waals surface area contributed by atoms with Crippen molar-refractivity contribution in [1.29, 1.82) is 0 Å². The molecule has 1 aliphatic carbocycles. The minimum absolute atomic E-state index is 0. The summed E-state index contributed by atoms with van der Waals surface area (Å²) in [6, 6.07) is 18.0. The number of nitrogens with one attached hydrogen (secondary N) is 2. The molecule has 0 bridgehead atoms. The minimum atomic E-state index is -0.727. The summed E-state index contributed by atoms with van der Waals surface area (Å²) in [7, 11) is 3.71. The van der Waals surface area contributed by atoms with Gasteiger partial charge in [-0.25, -0.2) is 14.6 Å². The van der Waals surface area contributed by atoms with E-state index in [1.165, 1.54) is 11.3 Å². The molecule has 2 aromatic heterocycles. The maximum absolute atomic E-state index is 13.7. The summed E-state index contributed by atoms with van der Waals surface area (Å²) in [5.41, 5.74) is 2.19. The highest BCUT2D eigenvalue weighted by Gasteiger charge is 2.28. The average molecular weight is 771 g/mol. The third-order valence-electron chi connectivity index (χ3n) is 9.38. The largest absolute Gasteiger partial charge is 0.870 e. The molecule has 0 amide bonds. The number of nitrogens with zero attached hydrogens (tertiary/aromatic N) is 1. The number of esters is 2. The summed E-state index contributed by atoms with van der Waals surface area (Å²) >= 11 is 14.4. The highest BCUT2D eigenvalue weighted by atomic mass is 35.5. The first kappa shape index (κ1) is 39.5. The zero-order chi connectivity index (χ0) is 35.7. The predicted molar refractivity (Wildman–Crippen MR) is 200 cm³/mol. The van der Waals surface area contributed by atoms with E-state index in [4.69, 9.17) is 42.1 Å². The van der Waals surface area contributed by atoms with Crippen LogP contribution < -0.4 is 19.8 Å². The summed E-state index contributed by atoms with van der Waals surface area (Å²) in [5.74, 6) is 1.30. The topological polar surface area (TPSA) is 130 Å². The number of carbonyl (C=O) groups excluding carboxylic acids is 2. The highest BCUT2D eigenvalue weighted by molar-refractivity contribution is 7.13. The van der Waals surface area contributed by atoms with E-state index in [9.17, 15) is 9.59 Å². The van der Waals surface area contributed by atoms with Crippen LogP contribution in [0.2, 0.25) is 10.0 Å². The second kappa shape index (κ2) is 18.9. The Hall–Kier alpha value is -3.71. The van der Waals surface area contributed by atoms with Crippen LogP contribution in [0.1, 0.15) is 69.1 Å². The lowest BCUT2D eigenvalue weighted by Crippen LogP contribution is -2.34. The number of carbonyl (C=O) groups is 2. The van der Waals surface area contributed by atoms with Crippen molar-refractivity contribution in [1.82, 2.24) is 10.2 Å². The van der Waals surface area contributed by atoms with Gasteiger partial charge in [-0.2, -0.15) is 0 Å². The Balaban J connectivity index is 0.00000523. The maximum Gasteiger partial charge on any atom is 0.348 e. The van der Waals surface area contributed by atoms with Gasteiger partial charge in [0.05, 0.1) is 20.3 Å². The van der Waals surface area contributed by atoms with Gasteiger partial charge in [0.15, 0.2) is 23.9 Å². The Morgan fingerprint density at radius 2 is 1.63 bits per heavy atom. The van der Waals surface area contributed by atoms with Crippen LogP contribution in [0.15, 0.2) is 73.1 Å². The molecule has 2 unspecified atom stereocenters. The number of benzene rings is 2. The lowest BCUT2D eigenvalue weighted by Gasteiger charge is -2.29. The van der Waals surface area contributed by atoms with Crippen molar-refractivity contribution in [3.05, 3.63) is 110 Å². The molecule has 2 aromatic carbocycles. The number of halogens is 2. The quantitative estimate of drug-likeness (QED) is 0.116. The van der Waals surface area contributed by atoms with Gasteiger partial charge in [0, 0.05) is 23.4 Å². The molecule has 3 heterocycles. The molecular weight excluding hydrogens is 725 g/mol. The molecule has 10 nitrogen and oxygen atoms in total. The predicted octanol–water partition coefficient (Wildman–Crippen LogP) is 7.35. The molecule has 1 saturated carbocycles. The summed E-state index contributed by atoms with van der Waals surface area (Å²) in [5, 5.41) is 4.24. The van der Waals surface area contributed by atoms with Crippen LogP contribution in [0.4, 0.5) is 0 Å². The number of methoxy groups -OCH3 is 1. The summed E-state index contributed by atoms with van der Waals surface area (Å²) in [6.07, 6.45) is 7.13. The number of aromatic nitrogens is 1. The Bertz CT molecular complexity index is 1760. The second-order valence-corrected chi connectivity index (χ2v) is 15.2. The van der Waals surface area contributed by atoms with E-state index in [2.05, 4.69) is 22.2 Å². The molecule has 6 rings (SSSR count). The number of piperidine rings is 1. The molecular formula is C39H45Cl2N3O7S. The number of hydrogen-bond acceptors (Lipinski definition) is 10. The van der Waals surface area contributed by atoms with E-state index in [-0.39, 0.29) is 17.9 Å². The molecule has 52 heavy (non-hydrogen) atoms. The Morgan fingerprint density at radius 1 is 0.923 bits per heavy atom. The molecule has 2 atom stereocenters. The van der Waals surface area contributed by atoms with Crippen molar-refractivity contribution in [3.8, 4) is 11.5 Å². The summed E-state index contributed by atoms with van der Waals surface area (Å²) < 4.78 is 23.7. The molecule has 1 saturated heterocycles. The van der Waals surface area contributed by atoms with Crippen molar-refractivity contribution in [2.24, 2.45) is 11.8 Å². The van der Waals surface area contributed by atoms with Gasteiger partial charge in [-0.15, -0.1) is 11.3 Å². The minimum Gasteiger partial charge on any atom is -0.870 e. The van der Waals surface area contributed by atoms with Gasteiger partial charge in [0.2, 0.25) is 0 Å². The number of ether oxygens (including phenoxy) is 4. The molecule has 3 N–H and O–H groups in total. The third kappa shape index (κ3) is 10.7. The van der Waals surface area contributed by atoms with Crippen molar-refractivity contribution in [2.45, 2.75) is 50.8 Å². The Kier molecular flexibility index (Phi) is 14.3. The van der Waals surface area contributed by atoms with E-state index in [1.807, 2.05) is 54.6 Å². The van der Waals surface area contributed by atoms with Crippen LogP contribution in [0, 0.1) is 11.8 Å². The number of hydrogen-bond donors (Lipinski definition) is 1. The summed E-state index contributed by atoms with van der Waals surface area (Å²) in [4.78, 5) is 33.6. The van der Waals surface area contributed by atoms with Crippen molar-refractivity contribution in [2.75, 3.05) is 40.5 Å². The van der Waals surface area contributed by atoms with Gasteiger partial charge in [0.25, 0.3) is 0 Å². The Morgan fingerprint density at radius 3 is 2.33 bits per heavy atom. The van der Waals surface area contributed by atoms with Crippen molar-refractivity contribution >= 4 is 46.5 Å². The van der Waals surface area contributed by atoms with E-state index in [0.29, 0.717) is 63.6 Å². The molecule has 13 heteroatoms. The number of rotatable bonds is 16. The normalized spacial score (nSPS) is 16.0. The van der Waals surface area contributed by atoms with Crippen LogP contribution in [0.3, 0.4) is 0 Å². The maximum atomic E-state index is 13.7. The fourth-order valence-corrected chi connectivity index (χ4v) is 7.42. The number of aromatic amines is 1. The third-order valence-corrected chi connectivity index (χ3v) is 11.1. The molecule has 0 radical (unpaired) electrons. The van der Waals surface area contributed by atoms with Gasteiger partial charge < -0.3 is 29.3 Å². The number of thiophene rings is 1. The average Bonchev–Trinajstić information content (AvgIpc) is 3.86. The zero-order valence-corrected chi connectivity index (χ0v) is 31.6. The van der Waals surface area contributed by atoms with E-state index >= 15 is 0 Å². The first-order chi connectivity index (χ1) is 24.8. The monoisotopic (exact) mass is 769 g/mol. The van der Waals surface area contributed by atoms with Gasteiger partial charge in [-0.1, -0.05) is 59.6 Å². The lowest BCUT2D eigenvalue weighted by atomic mass is 9.98.